The van der Waals surface area contributed by atoms with Gasteiger partial charge in [0.2, 0.25) is 11.8 Å². The summed E-state index contributed by atoms with van der Waals surface area (Å²) >= 11 is 0. The summed E-state index contributed by atoms with van der Waals surface area (Å²) in [7, 11) is 0. The number of hydrogen-bond acceptors (Lipinski definition) is 8. The number of hydrazine groups is 1. The lowest BCUT2D eigenvalue weighted by Gasteiger charge is -2.28. The Morgan fingerprint density at radius 3 is 2.61 bits per heavy atom. The molecular formula is C22H20N8O. The molecule has 2 aromatic heterocycles. The second kappa shape index (κ2) is 7.59. The van der Waals surface area contributed by atoms with Gasteiger partial charge in [-0.05, 0) is 30.7 Å². The van der Waals surface area contributed by atoms with Crippen LogP contribution in [-0.2, 0) is 4.74 Å². The number of hydrogen-bond donors (Lipinski definition) is 2. The Balaban J connectivity index is 1.63. The van der Waals surface area contributed by atoms with Crippen molar-refractivity contribution < 1.29 is 4.74 Å². The standard InChI is InChI=1S/C22H20N8O/c1-2-30-22-18(19(28-30)21-26-8-3-9-27-21)17(16(12-23)20(24)31-22)14-4-6-15(7-5-14)29-11-10-25-13-29/h3-11,13,17,19,28H,2,24H2,1H3. The summed E-state index contributed by atoms with van der Waals surface area (Å²) in [5, 5.41) is 11.8. The fraction of sp³-hybridized carbons (Fsp3) is 0.182. The molecule has 0 saturated carbocycles. The number of rotatable bonds is 4. The van der Waals surface area contributed by atoms with Crippen LogP contribution < -0.4 is 11.2 Å². The van der Waals surface area contributed by atoms with Crippen LogP contribution in [0.4, 0.5) is 0 Å². The Morgan fingerprint density at radius 1 is 1.19 bits per heavy atom. The molecule has 2 aliphatic heterocycles. The molecule has 0 aliphatic carbocycles. The maximum absolute atomic E-state index is 9.93. The summed E-state index contributed by atoms with van der Waals surface area (Å²) in [5.74, 6) is 0.927. The Labute approximate surface area is 179 Å². The van der Waals surface area contributed by atoms with Gasteiger partial charge in [0.15, 0.2) is 5.82 Å². The molecule has 2 atom stereocenters. The number of aromatic nitrogens is 4. The molecule has 2 aliphatic rings. The predicted molar refractivity (Wildman–Crippen MR) is 112 cm³/mol. The summed E-state index contributed by atoms with van der Waals surface area (Å²) in [5.41, 5.74) is 12.7. The second-order valence-electron chi connectivity index (χ2n) is 7.16. The number of allylic oxidation sites excluding steroid dienone is 1. The van der Waals surface area contributed by atoms with E-state index < -0.39 is 0 Å². The van der Waals surface area contributed by atoms with E-state index in [9.17, 15) is 5.26 Å². The summed E-state index contributed by atoms with van der Waals surface area (Å²) < 4.78 is 7.83. The number of nitrogens with one attached hydrogen (secondary N) is 1. The van der Waals surface area contributed by atoms with Crippen molar-refractivity contribution in [2.75, 3.05) is 6.54 Å². The van der Waals surface area contributed by atoms with E-state index >= 15 is 0 Å². The fourth-order valence-electron chi connectivity index (χ4n) is 4.03. The molecule has 3 N–H and O–H groups in total. The summed E-state index contributed by atoms with van der Waals surface area (Å²) in [6, 6.07) is 11.7. The molecule has 3 aromatic rings. The van der Waals surface area contributed by atoms with Gasteiger partial charge in [0.25, 0.3) is 0 Å². The number of nitrogens with zero attached hydrogens (tertiary/aromatic N) is 6. The fourth-order valence-corrected chi connectivity index (χ4v) is 4.03. The molecule has 4 heterocycles. The van der Waals surface area contributed by atoms with E-state index in [1.165, 1.54) is 0 Å². The number of nitriles is 1. The number of benzene rings is 1. The van der Waals surface area contributed by atoms with Crippen LogP contribution in [0, 0.1) is 11.3 Å². The molecule has 9 nitrogen and oxygen atoms in total. The first-order chi connectivity index (χ1) is 15.2. The molecule has 1 aromatic carbocycles. The molecule has 0 fully saturated rings. The van der Waals surface area contributed by atoms with Gasteiger partial charge in [-0.1, -0.05) is 12.1 Å². The highest BCUT2D eigenvalue weighted by Crippen LogP contribution is 2.47. The van der Waals surface area contributed by atoms with Gasteiger partial charge in [0, 0.05) is 42.6 Å². The molecule has 0 spiro atoms. The minimum absolute atomic E-state index is 0.111. The zero-order chi connectivity index (χ0) is 21.4. The van der Waals surface area contributed by atoms with Crippen LogP contribution in [0.5, 0.6) is 0 Å². The van der Waals surface area contributed by atoms with E-state index in [2.05, 4.69) is 26.4 Å². The molecule has 2 unspecified atom stereocenters. The van der Waals surface area contributed by atoms with Crippen molar-refractivity contribution in [2.45, 2.75) is 18.9 Å². The number of nitrogens with two attached hydrogens (primary N) is 1. The maximum atomic E-state index is 9.93. The van der Waals surface area contributed by atoms with Crippen LogP contribution in [0.3, 0.4) is 0 Å². The van der Waals surface area contributed by atoms with Crippen LogP contribution in [0.1, 0.15) is 30.3 Å². The van der Waals surface area contributed by atoms with E-state index in [0.717, 1.165) is 16.8 Å². The molecule has 154 valence electrons. The Hall–Kier alpha value is -4.16. The Kier molecular flexibility index (Phi) is 4.61. The van der Waals surface area contributed by atoms with Crippen molar-refractivity contribution in [1.82, 2.24) is 30.0 Å². The molecule has 0 bridgehead atoms. The monoisotopic (exact) mass is 412 g/mol. The van der Waals surface area contributed by atoms with Gasteiger partial charge in [-0.3, -0.25) is 5.01 Å². The number of ether oxygens (including phenoxy) is 1. The summed E-state index contributed by atoms with van der Waals surface area (Å²) in [6.07, 6.45) is 8.76. The van der Waals surface area contributed by atoms with Gasteiger partial charge < -0.3 is 15.0 Å². The average Bonchev–Trinajstić information content (AvgIpc) is 3.47. The van der Waals surface area contributed by atoms with Crippen LogP contribution >= 0.6 is 0 Å². The molecule has 31 heavy (non-hydrogen) atoms. The van der Waals surface area contributed by atoms with Crippen LogP contribution in [0.2, 0.25) is 0 Å². The zero-order valence-electron chi connectivity index (χ0n) is 16.8. The van der Waals surface area contributed by atoms with Crippen LogP contribution in [0.15, 0.2) is 84.4 Å². The molecule has 5 rings (SSSR count). The van der Waals surface area contributed by atoms with E-state index in [0.29, 0.717) is 23.8 Å². The van der Waals surface area contributed by atoms with Gasteiger partial charge in [-0.25, -0.2) is 20.4 Å². The smallest absolute Gasteiger partial charge is 0.214 e. The highest BCUT2D eigenvalue weighted by atomic mass is 16.5. The van der Waals surface area contributed by atoms with E-state index in [-0.39, 0.29) is 17.8 Å². The highest BCUT2D eigenvalue weighted by Gasteiger charge is 2.45. The van der Waals surface area contributed by atoms with Gasteiger partial charge >= 0.3 is 0 Å². The average molecular weight is 412 g/mol. The topological polar surface area (TPSA) is 118 Å². The zero-order valence-corrected chi connectivity index (χ0v) is 16.8. The normalized spacial score (nSPS) is 20.5. The molecular weight excluding hydrogens is 392 g/mol. The van der Waals surface area contributed by atoms with E-state index in [4.69, 9.17) is 10.5 Å². The molecule has 0 saturated heterocycles. The minimum Gasteiger partial charge on any atom is -0.423 e. The van der Waals surface area contributed by atoms with Crippen molar-refractivity contribution in [2.24, 2.45) is 5.73 Å². The van der Waals surface area contributed by atoms with E-state index in [1.807, 2.05) is 47.0 Å². The first kappa shape index (κ1) is 18.8. The van der Waals surface area contributed by atoms with Crippen molar-refractivity contribution in [3.05, 3.63) is 95.7 Å². The molecule has 0 radical (unpaired) electrons. The third-order valence-corrected chi connectivity index (χ3v) is 5.47. The molecule has 0 amide bonds. The van der Waals surface area contributed by atoms with Gasteiger partial charge in [-0.2, -0.15) is 5.26 Å². The molecule has 9 heteroatoms. The number of imidazole rings is 1. The third-order valence-electron chi connectivity index (χ3n) is 5.47. The third kappa shape index (κ3) is 3.10. The SMILES string of the molecule is CCN1NC(c2ncccn2)C2=C1OC(N)=C(C#N)C2c1ccc(-n2ccnc2)cc1. The Morgan fingerprint density at radius 2 is 1.97 bits per heavy atom. The predicted octanol–water partition coefficient (Wildman–Crippen LogP) is 2.26. The summed E-state index contributed by atoms with van der Waals surface area (Å²) in [4.78, 5) is 13.0. The van der Waals surface area contributed by atoms with Crippen molar-refractivity contribution >= 4 is 0 Å². The van der Waals surface area contributed by atoms with Crippen LogP contribution in [-0.4, -0.2) is 31.1 Å². The van der Waals surface area contributed by atoms with Gasteiger partial charge in [-0.15, -0.1) is 0 Å². The van der Waals surface area contributed by atoms with E-state index in [1.54, 1.807) is 31.0 Å². The lowest BCUT2D eigenvalue weighted by molar-refractivity contribution is 0.133. The maximum Gasteiger partial charge on any atom is 0.214 e. The lowest BCUT2D eigenvalue weighted by atomic mass is 9.81. The van der Waals surface area contributed by atoms with Crippen LogP contribution in [0.25, 0.3) is 5.69 Å². The van der Waals surface area contributed by atoms with Gasteiger partial charge in [0.1, 0.15) is 17.7 Å². The minimum atomic E-state index is -0.386. The van der Waals surface area contributed by atoms with Crippen molar-refractivity contribution in [1.29, 1.82) is 5.26 Å². The van der Waals surface area contributed by atoms with Gasteiger partial charge in [0.05, 0.1) is 12.2 Å². The summed E-state index contributed by atoms with van der Waals surface area (Å²) in [6.45, 7) is 2.65. The lowest BCUT2D eigenvalue weighted by Crippen LogP contribution is -2.34. The highest BCUT2D eigenvalue weighted by molar-refractivity contribution is 5.53. The van der Waals surface area contributed by atoms with Crippen molar-refractivity contribution in [3.8, 4) is 11.8 Å². The first-order valence-electron chi connectivity index (χ1n) is 9.91. The van der Waals surface area contributed by atoms with Crippen molar-refractivity contribution in [3.63, 3.8) is 0 Å². The first-order valence-corrected chi connectivity index (χ1v) is 9.91. The second-order valence-corrected chi connectivity index (χ2v) is 7.16. The Bertz CT molecular complexity index is 1190. The largest absolute Gasteiger partial charge is 0.423 e. The quantitative estimate of drug-likeness (QED) is 0.670.